The number of nitriles is 1. The third kappa shape index (κ3) is 3.22. The van der Waals surface area contributed by atoms with E-state index in [4.69, 9.17) is 25.6 Å². The summed E-state index contributed by atoms with van der Waals surface area (Å²) in [7, 11) is 1.48. The second-order valence-electron chi connectivity index (χ2n) is 4.17. The molecule has 0 fully saturated rings. The molecule has 0 heterocycles. The molecule has 2 rings (SSSR count). The highest BCUT2D eigenvalue weighted by molar-refractivity contribution is 5.89. The van der Waals surface area contributed by atoms with Crippen LogP contribution in [0, 0.1) is 11.3 Å². The highest BCUT2D eigenvalue weighted by Crippen LogP contribution is 2.31. The summed E-state index contributed by atoms with van der Waals surface area (Å²) in [6.45, 7) is 0. The SMILES string of the molecule is COc1cc(C#N)cc(Oc2ccc(C(=O)O)cc2N)c1. The molecule has 0 aromatic heterocycles. The van der Waals surface area contributed by atoms with E-state index in [2.05, 4.69) is 0 Å². The Balaban J connectivity index is 2.34. The monoisotopic (exact) mass is 284 g/mol. The summed E-state index contributed by atoms with van der Waals surface area (Å²) >= 11 is 0. The van der Waals surface area contributed by atoms with Crippen molar-refractivity contribution < 1.29 is 19.4 Å². The molecule has 0 aliphatic carbocycles. The molecule has 0 bridgehead atoms. The molecule has 0 spiro atoms. The van der Waals surface area contributed by atoms with E-state index in [0.717, 1.165) is 0 Å². The lowest BCUT2D eigenvalue weighted by Crippen LogP contribution is -1.99. The smallest absolute Gasteiger partial charge is 0.335 e. The maximum Gasteiger partial charge on any atom is 0.335 e. The Morgan fingerprint density at radius 3 is 2.52 bits per heavy atom. The minimum atomic E-state index is -1.07. The molecule has 2 aromatic rings. The van der Waals surface area contributed by atoms with Crippen molar-refractivity contribution in [3.8, 4) is 23.3 Å². The number of hydrogen-bond acceptors (Lipinski definition) is 5. The normalized spacial score (nSPS) is 9.71. The molecule has 0 radical (unpaired) electrons. The highest BCUT2D eigenvalue weighted by Gasteiger charge is 2.09. The summed E-state index contributed by atoms with van der Waals surface area (Å²) in [5.74, 6) is 0.0870. The Hall–Kier alpha value is -3.20. The fourth-order valence-electron chi connectivity index (χ4n) is 1.71. The van der Waals surface area contributed by atoms with Crippen molar-refractivity contribution in [3.05, 3.63) is 47.5 Å². The van der Waals surface area contributed by atoms with Gasteiger partial charge in [0.15, 0.2) is 0 Å². The van der Waals surface area contributed by atoms with Gasteiger partial charge in [-0.05, 0) is 30.3 Å². The van der Waals surface area contributed by atoms with Crippen LogP contribution < -0.4 is 15.2 Å². The molecule has 6 heteroatoms. The van der Waals surface area contributed by atoms with Crippen LogP contribution in [0.4, 0.5) is 5.69 Å². The Bertz CT molecular complexity index is 735. The van der Waals surface area contributed by atoms with Gasteiger partial charge in [0.2, 0.25) is 0 Å². The number of hydrogen-bond donors (Lipinski definition) is 2. The third-order valence-corrected chi connectivity index (χ3v) is 2.73. The molecular formula is C15H12N2O4. The molecule has 0 saturated heterocycles. The van der Waals surface area contributed by atoms with Crippen LogP contribution in [0.2, 0.25) is 0 Å². The van der Waals surface area contributed by atoms with E-state index in [-0.39, 0.29) is 11.3 Å². The number of rotatable bonds is 4. The van der Waals surface area contributed by atoms with Crippen LogP contribution in [0.15, 0.2) is 36.4 Å². The summed E-state index contributed by atoms with van der Waals surface area (Å²) < 4.78 is 10.7. The average Bonchev–Trinajstić information content (AvgIpc) is 2.48. The Morgan fingerprint density at radius 2 is 1.95 bits per heavy atom. The average molecular weight is 284 g/mol. The lowest BCUT2D eigenvalue weighted by atomic mass is 10.2. The number of carboxylic acids is 1. The summed E-state index contributed by atoms with van der Waals surface area (Å²) in [6, 6.07) is 10.9. The van der Waals surface area contributed by atoms with Crippen LogP contribution in [-0.2, 0) is 0 Å². The molecule has 21 heavy (non-hydrogen) atoms. The number of benzene rings is 2. The number of aromatic carboxylic acids is 1. The number of anilines is 1. The number of methoxy groups -OCH3 is 1. The van der Waals surface area contributed by atoms with E-state index in [1.807, 2.05) is 6.07 Å². The molecule has 0 amide bonds. The predicted octanol–water partition coefficient (Wildman–Crippen LogP) is 2.64. The number of carboxylic acid groups (broad SMARTS) is 1. The van der Waals surface area contributed by atoms with Gasteiger partial charge in [-0.2, -0.15) is 5.26 Å². The van der Waals surface area contributed by atoms with Crippen molar-refractivity contribution in [2.45, 2.75) is 0 Å². The summed E-state index contributed by atoms with van der Waals surface area (Å²) in [6.07, 6.45) is 0. The van der Waals surface area contributed by atoms with Gasteiger partial charge in [0.05, 0.1) is 30.0 Å². The van der Waals surface area contributed by atoms with Gasteiger partial charge in [-0.25, -0.2) is 4.79 Å². The number of carbonyl (C=O) groups is 1. The number of nitrogens with zero attached hydrogens (tertiary/aromatic N) is 1. The Kier molecular flexibility index (Phi) is 3.95. The largest absolute Gasteiger partial charge is 0.497 e. The molecule has 0 atom stereocenters. The van der Waals surface area contributed by atoms with Crippen LogP contribution in [0.3, 0.4) is 0 Å². The minimum Gasteiger partial charge on any atom is -0.497 e. The zero-order valence-corrected chi connectivity index (χ0v) is 11.2. The van der Waals surface area contributed by atoms with Gasteiger partial charge < -0.3 is 20.3 Å². The molecule has 2 aromatic carbocycles. The summed E-state index contributed by atoms with van der Waals surface area (Å²) in [5.41, 5.74) is 6.41. The lowest BCUT2D eigenvalue weighted by molar-refractivity contribution is 0.0697. The quantitative estimate of drug-likeness (QED) is 0.836. The number of ether oxygens (including phenoxy) is 2. The van der Waals surface area contributed by atoms with Gasteiger partial charge in [0.1, 0.15) is 17.2 Å². The van der Waals surface area contributed by atoms with E-state index in [1.54, 1.807) is 12.1 Å². The van der Waals surface area contributed by atoms with Gasteiger partial charge in [-0.3, -0.25) is 0 Å². The molecule has 0 aliphatic rings. The topological polar surface area (TPSA) is 106 Å². The first-order chi connectivity index (χ1) is 10.0. The zero-order valence-electron chi connectivity index (χ0n) is 11.2. The van der Waals surface area contributed by atoms with E-state index in [0.29, 0.717) is 22.8 Å². The second kappa shape index (κ2) is 5.84. The molecule has 0 saturated carbocycles. The van der Waals surface area contributed by atoms with Crippen molar-refractivity contribution in [1.82, 2.24) is 0 Å². The molecule has 3 N–H and O–H groups in total. The van der Waals surface area contributed by atoms with Crippen LogP contribution in [0.25, 0.3) is 0 Å². The molecule has 0 unspecified atom stereocenters. The maximum absolute atomic E-state index is 10.8. The Labute approximate surface area is 120 Å². The van der Waals surface area contributed by atoms with Crippen LogP contribution in [0.5, 0.6) is 17.2 Å². The second-order valence-corrected chi connectivity index (χ2v) is 4.17. The predicted molar refractivity (Wildman–Crippen MR) is 75.6 cm³/mol. The van der Waals surface area contributed by atoms with Gasteiger partial charge >= 0.3 is 5.97 Å². The third-order valence-electron chi connectivity index (χ3n) is 2.73. The van der Waals surface area contributed by atoms with Crippen molar-refractivity contribution in [2.24, 2.45) is 0 Å². The fraction of sp³-hybridized carbons (Fsp3) is 0.0667. The van der Waals surface area contributed by atoms with Crippen LogP contribution >= 0.6 is 0 Å². The van der Waals surface area contributed by atoms with E-state index in [9.17, 15) is 4.79 Å². The van der Waals surface area contributed by atoms with Crippen molar-refractivity contribution in [3.63, 3.8) is 0 Å². The zero-order chi connectivity index (χ0) is 15.4. The van der Waals surface area contributed by atoms with Crippen molar-refractivity contribution >= 4 is 11.7 Å². The first-order valence-corrected chi connectivity index (χ1v) is 5.93. The van der Waals surface area contributed by atoms with E-state index in [1.165, 1.54) is 31.4 Å². The first kappa shape index (κ1) is 14.2. The molecule has 106 valence electrons. The van der Waals surface area contributed by atoms with Gasteiger partial charge in [-0.1, -0.05) is 0 Å². The molecule has 0 aliphatic heterocycles. The summed E-state index contributed by atoms with van der Waals surface area (Å²) in [4.78, 5) is 10.8. The number of nitrogens with two attached hydrogens (primary N) is 1. The first-order valence-electron chi connectivity index (χ1n) is 5.93. The van der Waals surface area contributed by atoms with E-state index < -0.39 is 5.97 Å². The number of nitrogen functional groups attached to an aromatic ring is 1. The van der Waals surface area contributed by atoms with Crippen LogP contribution in [-0.4, -0.2) is 18.2 Å². The van der Waals surface area contributed by atoms with Gasteiger partial charge in [-0.15, -0.1) is 0 Å². The maximum atomic E-state index is 10.8. The fourth-order valence-corrected chi connectivity index (χ4v) is 1.71. The highest BCUT2D eigenvalue weighted by atomic mass is 16.5. The van der Waals surface area contributed by atoms with Crippen LogP contribution in [0.1, 0.15) is 15.9 Å². The molecule has 6 nitrogen and oxygen atoms in total. The van der Waals surface area contributed by atoms with Crippen molar-refractivity contribution in [1.29, 1.82) is 5.26 Å². The van der Waals surface area contributed by atoms with E-state index >= 15 is 0 Å². The minimum absolute atomic E-state index is 0.0724. The van der Waals surface area contributed by atoms with Gasteiger partial charge in [0, 0.05) is 6.07 Å². The van der Waals surface area contributed by atoms with Gasteiger partial charge in [0.25, 0.3) is 0 Å². The summed E-state index contributed by atoms with van der Waals surface area (Å²) in [5, 5.41) is 17.8. The van der Waals surface area contributed by atoms with Crippen molar-refractivity contribution in [2.75, 3.05) is 12.8 Å². The molecular weight excluding hydrogens is 272 g/mol. The standard InChI is InChI=1S/C15H12N2O4/c1-20-11-4-9(8-16)5-12(7-11)21-14-3-2-10(15(18)19)6-13(14)17/h2-7H,17H2,1H3,(H,18,19). The Morgan fingerprint density at radius 1 is 1.24 bits per heavy atom. The lowest BCUT2D eigenvalue weighted by Gasteiger charge is -2.10.